The Hall–Kier alpha value is -2.79. The zero-order valence-electron chi connectivity index (χ0n) is 14.7. The molecular formula is C21H18ClFO4. The first kappa shape index (κ1) is 19.0. The van der Waals surface area contributed by atoms with Crippen LogP contribution < -0.4 is 4.74 Å². The predicted octanol–water partition coefficient (Wildman–Crippen LogP) is 5.42. The molecule has 1 aromatic heterocycles. The molecule has 0 saturated heterocycles. The average Bonchev–Trinajstić information content (AvgIpc) is 3.11. The van der Waals surface area contributed by atoms with Gasteiger partial charge in [-0.25, -0.2) is 9.18 Å². The van der Waals surface area contributed by atoms with Crippen molar-refractivity contribution in [2.45, 2.75) is 20.0 Å². The lowest BCUT2D eigenvalue weighted by Gasteiger charge is -2.11. The van der Waals surface area contributed by atoms with Crippen molar-refractivity contribution in [2.24, 2.45) is 0 Å². The molecule has 140 valence electrons. The summed E-state index contributed by atoms with van der Waals surface area (Å²) in [4.78, 5) is 11.7. The minimum Gasteiger partial charge on any atom is -0.489 e. The van der Waals surface area contributed by atoms with Gasteiger partial charge in [-0.05, 0) is 55.0 Å². The van der Waals surface area contributed by atoms with Crippen LogP contribution in [0.15, 0.2) is 59.0 Å². The van der Waals surface area contributed by atoms with E-state index in [0.717, 1.165) is 11.1 Å². The van der Waals surface area contributed by atoms with Gasteiger partial charge in [0.25, 0.3) is 0 Å². The van der Waals surface area contributed by atoms with Crippen LogP contribution in [-0.4, -0.2) is 12.6 Å². The molecule has 0 aliphatic heterocycles. The van der Waals surface area contributed by atoms with Crippen LogP contribution >= 0.6 is 11.6 Å². The summed E-state index contributed by atoms with van der Waals surface area (Å²) in [5.41, 5.74) is 1.66. The molecule has 3 rings (SSSR count). The van der Waals surface area contributed by atoms with Crippen molar-refractivity contribution in [3.63, 3.8) is 0 Å². The Balaban J connectivity index is 1.74. The molecule has 1 heterocycles. The van der Waals surface area contributed by atoms with E-state index in [2.05, 4.69) is 0 Å². The largest absolute Gasteiger partial charge is 0.489 e. The minimum atomic E-state index is -0.498. The number of carbonyl (C=O) groups is 1. The molecule has 0 amide bonds. The number of hydrogen-bond acceptors (Lipinski definition) is 4. The lowest BCUT2D eigenvalue weighted by Crippen LogP contribution is -2.02. The molecule has 4 nitrogen and oxygen atoms in total. The van der Waals surface area contributed by atoms with E-state index in [1.54, 1.807) is 49.4 Å². The number of esters is 1. The zero-order valence-corrected chi connectivity index (χ0v) is 15.5. The molecule has 0 aliphatic carbocycles. The second-order valence-corrected chi connectivity index (χ2v) is 6.27. The monoisotopic (exact) mass is 388 g/mol. The topological polar surface area (TPSA) is 48.7 Å². The SMILES string of the molecule is CCOC(=O)c1ccc(Cc2cc(Cl)ccc2OCc2ccc(F)cc2)o1. The van der Waals surface area contributed by atoms with Crippen molar-refractivity contribution < 1.29 is 23.1 Å². The van der Waals surface area contributed by atoms with E-state index in [9.17, 15) is 9.18 Å². The molecule has 0 radical (unpaired) electrons. The van der Waals surface area contributed by atoms with Crippen LogP contribution in [0.2, 0.25) is 5.02 Å². The summed E-state index contributed by atoms with van der Waals surface area (Å²) in [6.45, 7) is 2.31. The van der Waals surface area contributed by atoms with Gasteiger partial charge in [0.15, 0.2) is 0 Å². The fraction of sp³-hybridized carbons (Fsp3) is 0.190. The number of rotatable bonds is 7. The molecule has 6 heteroatoms. The maximum absolute atomic E-state index is 13.0. The zero-order chi connectivity index (χ0) is 19.2. The summed E-state index contributed by atoms with van der Waals surface area (Å²) in [6.07, 6.45) is 0.402. The average molecular weight is 389 g/mol. The summed E-state index contributed by atoms with van der Waals surface area (Å²) >= 11 is 6.11. The van der Waals surface area contributed by atoms with Crippen LogP contribution in [-0.2, 0) is 17.8 Å². The van der Waals surface area contributed by atoms with E-state index in [0.29, 0.717) is 29.6 Å². The first-order chi connectivity index (χ1) is 13.0. The Labute approximate surface area is 161 Å². The highest BCUT2D eigenvalue weighted by atomic mass is 35.5. The molecule has 27 heavy (non-hydrogen) atoms. The second-order valence-electron chi connectivity index (χ2n) is 5.83. The highest BCUT2D eigenvalue weighted by Crippen LogP contribution is 2.27. The Morgan fingerprint density at radius 3 is 2.63 bits per heavy atom. The smallest absolute Gasteiger partial charge is 0.374 e. The van der Waals surface area contributed by atoms with E-state index >= 15 is 0 Å². The van der Waals surface area contributed by atoms with Crippen molar-refractivity contribution in [1.82, 2.24) is 0 Å². The van der Waals surface area contributed by atoms with Crippen molar-refractivity contribution in [3.05, 3.63) is 88.1 Å². The lowest BCUT2D eigenvalue weighted by molar-refractivity contribution is 0.0488. The molecule has 0 saturated carbocycles. The summed E-state index contributed by atoms with van der Waals surface area (Å²) in [5.74, 6) is 0.594. The third-order valence-electron chi connectivity index (χ3n) is 3.83. The molecule has 0 bridgehead atoms. The lowest BCUT2D eigenvalue weighted by atomic mass is 10.1. The van der Waals surface area contributed by atoms with Gasteiger partial charge in [-0.2, -0.15) is 0 Å². The van der Waals surface area contributed by atoms with Gasteiger partial charge in [0.2, 0.25) is 5.76 Å². The Morgan fingerprint density at radius 1 is 1.11 bits per heavy atom. The number of benzene rings is 2. The Morgan fingerprint density at radius 2 is 1.89 bits per heavy atom. The fourth-order valence-corrected chi connectivity index (χ4v) is 2.74. The summed E-state index contributed by atoms with van der Waals surface area (Å²) in [6, 6.07) is 14.7. The van der Waals surface area contributed by atoms with Crippen LogP contribution in [0.1, 0.15) is 34.4 Å². The van der Waals surface area contributed by atoms with Gasteiger partial charge in [-0.3, -0.25) is 0 Å². The van der Waals surface area contributed by atoms with Crippen LogP contribution in [0.5, 0.6) is 5.75 Å². The number of ether oxygens (including phenoxy) is 2. The van der Waals surface area contributed by atoms with E-state index in [-0.39, 0.29) is 18.2 Å². The highest BCUT2D eigenvalue weighted by molar-refractivity contribution is 6.30. The van der Waals surface area contributed by atoms with Gasteiger partial charge in [0.1, 0.15) is 23.9 Å². The number of furan rings is 1. The number of carbonyl (C=O) groups excluding carboxylic acids is 1. The maximum atomic E-state index is 13.0. The molecule has 0 N–H and O–H groups in total. The molecule has 0 fully saturated rings. The minimum absolute atomic E-state index is 0.155. The Kier molecular flexibility index (Phi) is 6.14. The number of hydrogen-bond donors (Lipinski definition) is 0. The molecule has 0 aliphatic rings. The molecule has 0 unspecified atom stereocenters. The summed E-state index contributed by atoms with van der Waals surface area (Å²) in [5, 5.41) is 0.566. The van der Waals surface area contributed by atoms with Crippen molar-refractivity contribution in [2.75, 3.05) is 6.61 Å². The Bertz CT molecular complexity index is 918. The van der Waals surface area contributed by atoms with Gasteiger partial charge in [0, 0.05) is 17.0 Å². The van der Waals surface area contributed by atoms with Crippen LogP contribution in [0.4, 0.5) is 4.39 Å². The maximum Gasteiger partial charge on any atom is 0.374 e. The standard InChI is InChI=1S/C21H18ClFO4/c1-2-25-21(24)20-10-8-18(27-20)12-15-11-16(22)5-9-19(15)26-13-14-3-6-17(23)7-4-14/h3-11H,2,12-13H2,1H3. The molecule has 3 aromatic rings. The molecular weight excluding hydrogens is 371 g/mol. The second kappa shape index (κ2) is 8.73. The first-order valence-electron chi connectivity index (χ1n) is 8.46. The van der Waals surface area contributed by atoms with Crippen molar-refractivity contribution in [3.8, 4) is 5.75 Å². The quantitative estimate of drug-likeness (QED) is 0.507. The van der Waals surface area contributed by atoms with E-state index < -0.39 is 5.97 Å². The van der Waals surface area contributed by atoms with Crippen molar-refractivity contribution in [1.29, 1.82) is 0 Å². The predicted molar refractivity (Wildman–Crippen MR) is 99.7 cm³/mol. The van der Waals surface area contributed by atoms with Gasteiger partial charge in [-0.1, -0.05) is 23.7 Å². The molecule has 0 spiro atoms. The summed E-state index contributed by atoms with van der Waals surface area (Å²) < 4.78 is 29.4. The first-order valence-corrected chi connectivity index (χ1v) is 8.84. The van der Waals surface area contributed by atoms with Crippen molar-refractivity contribution >= 4 is 17.6 Å². The fourth-order valence-electron chi connectivity index (χ4n) is 2.54. The third-order valence-corrected chi connectivity index (χ3v) is 4.07. The number of halogens is 2. The van der Waals surface area contributed by atoms with Crippen LogP contribution in [0.25, 0.3) is 0 Å². The molecule has 0 atom stereocenters. The van der Waals surface area contributed by atoms with E-state index in [1.807, 2.05) is 0 Å². The summed E-state index contributed by atoms with van der Waals surface area (Å²) in [7, 11) is 0. The van der Waals surface area contributed by atoms with Gasteiger partial charge >= 0.3 is 5.97 Å². The third kappa shape index (κ3) is 5.11. The highest BCUT2D eigenvalue weighted by Gasteiger charge is 2.14. The van der Waals surface area contributed by atoms with Gasteiger partial charge in [0.05, 0.1) is 6.61 Å². The van der Waals surface area contributed by atoms with Gasteiger partial charge < -0.3 is 13.9 Å². The van der Waals surface area contributed by atoms with Gasteiger partial charge in [-0.15, -0.1) is 0 Å². The van der Waals surface area contributed by atoms with E-state index in [1.165, 1.54) is 12.1 Å². The normalized spacial score (nSPS) is 10.6. The van der Waals surface area contributed by atoms with Crippen LogP contribution in [0, 0.1) is 5.82 Å². The molecule has 2 aromatic carbocycles. The van der Waals surface area contributed by atoms with Crippen LogP contribution in [0.3, 0.4) is 0 Å². The van der Waals surface area contributed by atoms with E-state index in [4.69, 9.17) is 25.5 Å².